The van der Waals surface area contributed by atoms with Crippen LogP contribution in [0, 0.1) is 10.7 Å². The van der Waals surface area contributed by atoms with Crippen LogP contribution in [0.15, 0.2) is 30.3 Å². The summed E-state index contributed by atoms with van der Waals surface area (Å²) in [6.45, 7) is 4.36. The maximum absolute atomic E-state index is 11.9. The first-order valence-electron chi connectivity index (χ1n) is 8.16. The van der Waals surface area contributed by atoms with Crippen LogP contribution in [0.3, 0.4) is 0 Å². The Kier molecular flexibility index (Phi) is 5.37. The van der Waals surface area contributed by atoms with E-state index in [0.717, 1.165) is 25.1 Å². The van der Waals surface area contributed by atoms with Gasteiger partial charge in [0.1, 0.15) is 0 Å². The predicted molar refractivity (Wildman–Crippen MR) is 91.1 cm³/mol. The van der Waals surface area contributed by atoms with Crippen LogP contribution >= 0.6 is 12.2 Å². The molecule has 0 N–H and O–H groups in total. The Hall–Kier alpha value is -2.06. The molecular formula is C16H21N5O2S. The van der Waals surface area contributed by atoms with E-state index in [0.29, 0.717) is 24.6 Å². The summed E-state index contributed by atoms with van der Waals surface area (Å²) < 4.78 is 9.01. The third-order valence-electron chi connectivity index (χ3n) is 4.10. The number of aromatic nitrogens is 4. The van der Waals surface area contributed by atoms with E-state index in [1.54, 1.807) is 9.36 Å². The van der Waals surface area contributed by atoms with Crippen molar-refractivity contribution in [1.82, 2.24) is 24.7 Å². The van der Waals surface area contributed by atoms with E-state index in [-0.39, 0.29) is 11.9 Å². The lowest BCUT2D eigenvalue weighted by Gasteiger charge is -2.30. The molecule has 1 aromatic heterocycles. The van der Waals surface area contributed by atoms with Crippen molar-refractivity contribution in [2.45, 2.75) is 26.4 Å². The monoisotopic (exact) mass is 347 g/mol. The van der Waals surface area contributed by atoms with Crippen molar-refractivity contribution < 1.29 is 9.53 Å². The van der Waals surface area contributed by atoms with E-state index in [2.05, 4.69) is 15.3 Å². The molecule has 1 aromatic carbocycles. The van der Waals surface area contributed by atoms with Crippen molar-refractivity contribution in [3.05, 3.63) is 35.1 Å². The number of benzene rings is 1. The summed E-state index contributed by atoms with van der Waals surface area (Å²) in [6, 6.07) is 9.69. The molecule has 1 aliphatic rings. The maximum atomic E-state index is 11.9. The molecule has 0 bridgehead atoms. The van der Waals surface area contributed by atoms with Crippen molar-refractivity contribution in [2.24, 2.45) is 5.92 Å². The second kappa shape index (κ2) is 7.67. The van der Waals surface area contributed by atoms with E-state index in [1.807, 2.05) is 37.3 Å². The van der Waals surface area contributed by atoms with E-state index in [9.17, 15) is 4.79 Å². The Bertz CT molecular complexity index is 742. The SMILES string of the molecule is CCOC(=O)[C@H]1CCCN(Cn2nnn(-c3ccccc3)c2=S)C1. The summed E-state index contributed by atoms with van der Waals surface area (Å²) in [7, 11) is 0. The molecule has 2 aromatic rings. The molecule has 0 amide bonds. The molecule has 0 spiro atoms. The highest BCUT2D eigenvalue weighted by Gasteiger charge is 2.27. The fourth-order valence-electron chi connectivity index (χ4n) is 2.92. The minimum absolute atomic E-state index is 0.0722. The first-order chi connectivity index (χ1) is 11.7. The summed E-state index contributed by atoms with van der Waals surface area (Å²) in [6.07, 6.45) is 1.83. The van der Waals surface area contributed by atoms with Crippen LogP contribution in [-0.2, 0) is 16.2 Å². The van der Waals surface area contributed by atoms with E-state index >= 15 is 0 Å². The van der Waals surface area contributed by atoms with Crippen LogP contribution in [0.25, 0.3) is 5.69 Å². The topological polar surface area (TPSA) is 65.2 Å². The third kappa shape index (κ3) is 3.70. The highest BCUT2D eigenvalue weighted by molar-refractivity contribution is 7.71. The van der Waals surface area contributed by atoms with Crippen LogP contribution in [0.4, 0.5) is 0 Å². The first-order valence-corrected chi connectivity index (χ1v) is 8.57. The highest BCUT2D eigenvalue weighted by Crippen LogP contribution is 2.18. The fourth-order valence-corrected chi connectivity index (χ4v) is 3.16. The number of rotatable bonds is 5. The Balaban J connectivity index is 1.69. The summed E-state index contributed by atoms with van der Waals surface area (Å²) in [4.78, 5) is 14.1. The van der Waals surface area contributed by atoms with Gasteiger partial charge in [0.05, 0.1) is 24.9 Å². The molecule has 1 saturated heterocycles. The minimum atomic E-state index is -0.112. The number of para-hydroxylation sites is 1. The maximum Gasteiger partial charge on any atom is 0.310 e. The van der Waals surface area contributed by atoms with Gasteiger partial charge in [-0.15, -0.1) is 0 Å². The fraction of sp³-hybridized carbons (Fsp3) is 0.500. The second-order valence-corrected chi connectivity index (χ2v) is 6.18. The Labute approximate surface area is 145 Å². The van der Waals surface area contributed by atoms with Crippen molar-refractivity contribution in [2.75, 3.05) is 19.7 Å². The second-order valence-electron chi connectivity index (χ2n) is 5.82. The Morgan fingerprint density at radius 3 is 2.88 bits per heavy atom. The number of nitrogens with zero attached hydrogens (tertiary/aromatic N) is 5. The zero-order valence-electron chi connectivity index (χ0n) is 13.7. The molecule has 8 heteroatoms. The van der Waals surface area contributed by atoms with Gasteiger partial charge in [0.2, 0.25) is 4.77 Å². The summed E-state index contributed by atoms with van der Waals surface area (Å²) in [5.74, 6) is -0.184. The number of esters is 1. The van der Waals surface area contributed by atoms with Crippen LogP contribution in [-0.4, -0.2) is 50.4 Å². The Morgan fingerprint density at radius 2 is 2.12 bits per heavy atom. The minimum Gasteiger partial charge on any atom is -0.466 e. The van der Waals surface area contributed by atoms with Gasteiger partial charge in [-0.2, -0.15) is 4.68 Å². The number of ether oxygens (including phenoxy) is 1. The quantitative estimate of drug-likeness (QED) is 0.609. The van der Waals surface area contributed by atoms with Crippen molar-refractivity contribution in [3.8, 4) is 5.69 Å². The van der Waals surface area contributed by atoms with Gasteiger partial charge in [-0.25, -0.2) is 4.68 Å². The number of likely N-dealkylation sites (tertiary alicyclic amines) is 1. The average molecular weight is 347 g/mol. The normalized spacial score (nSPS) is 18.5. The number of carbonyl (C=O) groups excluding carboxylic acids is 1. The van der Waals surface area contributed by atoms with Crippen LogP contribution in [0.2, 0.25) is 0 Å². The van der Waals surface area contributed by atoms with E-state index in [1.165, 1.54) is 0 Å². The summed E-state index contributed by atoms with van der Waals surface area (Å²) >= 11 is 5.48. The van der Waals surface area contributed by atoms with Crippen molar-refractivity contribution >= 4 is 18.2 Å². The molecule has 7 nitrogen and oxygen atoms in total. The van der Waals surface area contributed by atoms with Crippen molar-refractivity contribution in [1.29, 1.82) is 0 Å². The highest BCUT2D eigenvalue weighted by atomic mass is 32.1. The van der Waals surface area contributed by atoms with Gasteiger partial charge < -0.3 is 4.74 Å². The Morgan fingerprint density at radius 1 is 1.33 bits per heavy atom. The molecule has 24 heavy (non-hydrogen) atoms. The van der Waals surface area contributed by atoms with Gasteiger partial charge >= 0.3 is 5.97 Å². The van der Waals surface area contributed by atoms with E-state index in [4.69, 9.17) is 17.0 Å². The molecule has 0 radical (unpaired) electrons. The summed E-state index contributed by atoms with van der Waals surface area (Å²) in [5, 5.41) is 8.30. The predicted octanol–water partition coefficient (Wildman–Crippen LogP) is 2.03. The lowest BCUT2D eigenvalue weighted by Crippen LogP contribution is -2.40. The number of piperidine rings is 1. The lowest BCUT2D eigenvalue weighted by molar-refractivity contribution is -0.150. The van der Waals surface area contributed by atoms with Gasteiger partial charge in [0, 0.05) is 6.54 Å². The number of hydrogen-bond donors (Lipinski definition) is 0. The molecule has 0 aliphatic carbocycles. The average Bonchev–Trinajstić information content (AvgIpc) is 2.97. The molecule has 0 unspecified atom stereocenters. The molecule has 128 valence electrons. The van der Waals surface area contributed by atoms with Crippen molar-refractivity contribution in [3.63, 3.8) is 0 Å². The molecule has 2 heterocycles. The number of carbonyl (C=O) groups is 1. The third-order valence-corrected chi connectivity index (χ3v) is 4.48. The zero-order valence-corrected chi connectivity index (χ0v) is 14.5. The molecule has 1 fully saturated rings. The molecule has 0 saturated carbocycles. The standard InChI is InChI=1S/C16H21N5O2S/c1-2-23-15(22)13-7-6-10-19(11-13)12-20-16(24)21(18-17-20)14-8-4-3-5-9-14/h3-5,8-9,13H,2,6-7,10-12H2,1H3/t13-/m0/s1. The zero-order chi connectivity index (χ0) is 16.9. The lowest BCUT2D eigenvalue weighted by atomic mass is 9.99. The van der Waals surface area contributed by atoms with Crippen LogP contribution < -0.4 is 0 Å². The molecule has 1 atom stereocenters. The van der Waals surface area contributed by atoms with Crippen LogP contribution in [0.5, 0.6) is 0 Å². The van der Waals surface area contributed by atoms with Gasteiger partial charge in [-0.1, -0.05) is 18.2 Å². The number of tetrazole rings is 1. The van der Waals surface area contributed by atoms with Gasteiger partial charge in [-0.3, -0.25) is 9.69 Å². The first kappa shape index (κ1) is 16.8. The number of hydrogen-bond acceptors (Lipinski definition) is 6. The summed E-state index contributed by atoms with van der Waals surface area (Å²) in [5.41, 5.74) is 0.886. The van der Waals surface area contributed by atoms with Crippen LogP contribution in [0.1, 0.15) is 19.8 Å². The molecule has 3 rings (SSSR count). The smallest absolute Gasteiger partial charge is 0.310 e. The largest absolute Gasteiger partial charge is 0.466 e. The molecular weight excluding hydrogens is 326 g/mol. The van der Waals surface area contributed by atoms with Gasteiger partial charge in [0.15, 0.2) is 0 Å². The van der Waals surface area contributed by atoms with Gasteiger partial charge in [-0.05, 0) is 61.1 Å². The van der Waals surface area contributed by atoms with E-state index < -0.39 is 0 Å². The molecule has 1 aliphatic heterocycles. The van der Waals surface area contributed by atoms with Gasteiger partial charge in [0.25, 0.3) is 0 Å².